The van der Waals surface area contributed by atoms with Gasteiger partial charge in [-0.25, -0.2) is 4.98 Å². The Morgan fingerprint density at radius 2 is 2.06 bits per heavy atom. The average molecular weight is 216 g/mol. The molecule has 0 bridgehead atoms. The van der Waals surface area contributed by atoms with Gasteiger partial charge in [0.2, 0.25) is 0 Å². The van der Waals surface area contributed by atoms with E-state index in [-0.39, 0.29) is 0 Å². The van der Waals surface area contributed by atoms with Gasteiger partial charge < -0.3 is 4.90 Å². The van der Waals surface area contributed by atoms with Gasteiger partial charge in [0.25, 0.3) is 0 Å². The first-order valence-corrected chi connectivity index (χ1v) is 6.39. The first-order chi connectivity index (χ1) is 7.69. The molecule has 16 heavy (non-hydrogen) atoms. The average Bonchev–Trinajstić information content (AvgIpc) is 2.14. The molecule has 2 fully saturated rings. The van der Waals surface area contributed by atoms with E-state index in [0.29, 0.717) is 11.3 Å². The summed E-state index contributed by atoms with van der Waals surface area (Å²) in [4.78, 5) is 6.93. The van der Waals surface area contributed by atoms with E-state index in [2.05, 4.69) is 35.9 Å². The third-order valence-electron chi connectivity index (χ3n) is 4.23. The first kappa shape index (κ1) is 10.1. The molecule has 2 heteroatoms. The van der Waals surface area contributed by atoms with Crippen LogP contribution in [0.2, 0.25) is 0 Å². The third kappa shape index (κ3) is 1.51. The van der Waals surface area contributed by atoms with Gasteiger partial charge in [-0.3, -0.25) is 0 Å². The molecule has 1 aliphatic carbocycles. The second kappa shape index (κ2) is 3.47. The molecule has 1 saturated heterocycles. The number of nitrogens with zero attached hydrogens (tertiary/aromatic N) is 2. The summed E-state index contributed by atoms with van der Waals surface area (Å²) in [6.07, 6.45) is 6.27. The van der Waals surface area contributed by atoms with Gasteiger partial charge in [0.15, 0.2) is 0 Å². The molecule has 86 valence electrons. The molecule has 2 heterocycles. The van der Waals surface area contributed by atoms with Gasteiger partial charge >= 0.3 is 0 Å². The van der Waals surface area contributed by atoms with Crippen LogP contribution in [0.25, 0.3) is 0 Å². The van der Waals surface area contributed by atoms with Crippen LogP contribution in [-0.4, -0.2) is 18.1 Å². The van der Waals surface area contributed by atoms with Crippen LogP contribution in [0.15, 0.2) is 18.3 Å². The van der Waals surface area contributed by atoms with Crippen LogP contribution in [0.3, 0.4) is 0 Å². The SMILES string of the molecule is CC(C)c1ccnc(N2CC3(CCC3)C2)c1. The normalized spacial score (nSPS) is 22.1. The molecular weight excluding hydrogens is 196 g/mol. The maximum atomic E-state index is 4.49. The van der Waals surface area contributed by atoms with Gasteiger partial charge in [-0.2, -0.15) is 0 Å². The Hall–Kier alpha value is -1.05. The van der Waals surface area contributed by atoms with Gasteiger partial charge in [-0.1, -0.05) is 20.3 Å². The fraction of sp³-hybridized carbons (Fsp3) is 0.643. The molecule has 1 saturated carbocycles. The minimum Gasteiger partial charge on any atom is -0.355 e. The van der Waals surface area contributed by atoms with E-state index < -0.39 is 0 Å². The lowest BCUT2D eigenvalue weighted by Crippen LogP contribution is -2.60. The zero-order valence-corrected chi connectivity index (χ0v) is 10.2. The monoisotopic (exact) mass is 216 g/mol. The van der Waals surface area contributed by atoms with Crippen molar-refractivity contribution >= 4 is 5.82 Å². The Balaban J connectivity index is 1.73. The summed E-state index contributed by atoms with van der Waals surface area (Å²) in [6.45, 7) is 6.95. The molecule has 1 spiro atoms. The van der Waals surface area contributed by atoms with Gasteiger partial charge in [0.1, 0.15) is 5.82 Å². The molecule has 0 unspecified atom stereocenters. The molecule has 1 aromatic rings. The highest BCUT2D eigenvalue weighted by Gasteiger charge is 2.47. The molecule has 1 aliphatic heterocycles. The molecule has 0 N–H and O–H groups in total. The molecule has 2 aliphatic rings. The lowest BCUT2D eigenvalue weighted by molar-refractivity contribution is 0.0896. The van der Waals surface area contributed by atoms with Crippen LogP contribution < -0.4 is 4.90 Å². The zero-order chi connectivity index (χ0) is 11.2. The predicted molar refractivity (Wildman–Crippen MR) is 66.8 cm³/mol. The minimum absolute atomic E-state index is 0.598. The van der Waals surface area contributed by atoms with Crippen LogP contribution >= 0.6 is 0 Å². The summed E-state index contributed by atoms with van der Waals surface area (Å²) < 4.78 is 0. The molecule has 0 radical (unpaired) electrons. The number of hydrogen-bond donors (Lipinski definition) is 0. The largest absolute Gasteiger partial charge is 0.355 e. The number of hydrogen-bond acceptors (Lipinski definition) is 2. The van der Waals surface area contributed by atoms with Crippen LogP contribution in [0.5, 0.6) is 0 Å². The summed E-state index contributed by atoms with van der Waals surface area (Å²) in [7, 11) is 0. The summed E-state index contributed by atoms with van der Waals surface area (Å²) in [5, 5.41) is 0. The van der Waals surface area contributed by atoms with E-state index >= 15 is 0 Å². The van der Waals surface area contributed by atoms with E-state index in [4.69, 9.17) is 0 Å². The Labute approximate surface area is 97.7 Å². The highest BCUT2D eigenvalue weighted by molar-refractivity contribution is 5.46. The quantitative estimate of drug-likeness (QED) is 0.754. The summed E-state index contributed by atoms with van der Waals surface area (Å²) in [5.41, 5.74) is 2.09. The maximum absolute atomic E-state index is 4.49. The fourth-order valence-corrected chi connectivity index (χ4v) is 2.88. The van der Waals surface area contributed by atoms with Crippen LogP contribution in [-0.2, 0) is 0 Å². The molecular formula is C14H20N2. The number of anilines is 1. The van der Waals surface area contributed by atoms with Gasteiger partial charge in [-0.05, 0) is 36.5 Å². The Morgan fingerprint density at radius 3 is 2.62 bits per heavy atom. The van der Waals surface area contributed by atoms with Crippen molar-refractivity contribution in [2.24, 2.45) is 5.41 Å². The van der Waals surface area contributed by atoms with Crippen molar-refractivity contribution in [1.29, 1.82) is 0 Å². The zero-order valence-electron chi connectivity index (χ0n) is 10.2. The molecule has 0 atom stereocenters. The van der Waals surface area contributed by atoms with Crippen molar-refractivity contribution in [3.8, 4) is 0 Å². The summed E-state index contributed by atoms with van der Waals surface area (Å²) in [5.74, 6) is 1.78. The Kier molecular flexibility index (Phi) is 2.20. The third-order valence-corrected chi connectivity index (χ3v) is 4.23. The van der Waals surface area contributed by atoms with E-state index in [1.807, 2.05) is 6.20 Å². The molecule has 0 aromatic carbocycles. The molecule has 1 aromatic heterocycles. The van der Waals surface area contributed by atoms with Gasteiger partial charge in [-0.15, -0.1) is 0 Å². The Morgan fingerprint density at radius 1 is 1.31 bits per heavy atom. The predicted octanol–water partition coefficient (Wildman–Crippen LogP) is 3.20. The summed E-state index contributed by atoms with van der Waals surface area (Å²) in [6, 6.07) is 4.39. The highest BCUT2D eigenvalue weighted by atomic mass is 15.3. The number of aromatic nitrogens is 1. The topological polar surface area (TPSA) is 16.1 Å². The van der Waals surface area contributed by atoms with Crippen LogP contribution in [0.4, 0.5) is 5.82 Å². The minimum atomic E-state index is 0.598. The number of rotatable bonds is 2. The van der Waals surface area contributed by atoms with Gasteiger partial charge in [0.05, 0.1) is 0 Å². The standard InChI is InChI=1S/C14H20N2/c1-11(2)12-4-7-15-13(8-12)16-9-14(10-16)5-3-6-14/h4,7-8,11H,3,5-6,9-10H2,1-2H3. The van der Waals surface area contributed by atoms with Crippen molar-refractivity contribution in [2.45, 2.75) is 39.0 Å². The molecule has 2 nitrogen and oxygen atoms in total. The Bertz CT molecular complexity index is 385. The highest BCUT2D eigenvalue weighted by Crippen LogP contribution is 2.49. The lowest BCUT2D eigenvalue weighted by Gasteiger charge is -2.56. The van der Waals surface area contributed by atoms with Crippen molar-refractivity contribution in [2.75, 3.05) is 18.0 Å². The second-order valence-electron chi connectivity index (χ2n) is 5.81. The smallest absolute Gasteiger partial charge is 0.128 e. The van der Waals surface area contributed by atoms with E-state index in [1.165, 1.54) is 43.7 Å². The first-order valence-electron chi connectivity index (χ1n) is 6.39. The van der Waals surface area contributed by atoms with E-state index in [9.17, 15) is 0 Å². The maximum Gasteiger partial charge on any atom is 0.128 e. The van der Waals surface area contributed by atoms with Crippen LogP contribution in [0.1, 0.15) is 44.6 Å². The van der Waals surface area contributed by atoms with Crippen LogP contribution in [0, 0.1) is 5.41 Å². The van der Waals surface area contributed by atoms with Gasteiger partial charge in [0, 0.05) is 24.7 Å². The van der Waals surface area contributed by atoms with Crippen molar-refractivity contribution < 1.29 is 0 Å². The molecule has 3 rings (SSSR count). The second-order valence-corrected chi connectivity index (χ2v) is 5.81. The van der Waals surface area contributed by atoms with E-state index in [0.717, 1.165) is 0 Å². The fourth-order valence-electron chi connectivity index (χ4n) is 2.88. The van der Waals surface area contributed by atoms with Crippen molar-refractivity contribution in [1.82, 2.24) is 4.98 Å². The lowest BCUT2D eigenvalue weighted by atomic mass is 9.63. The van der Waals surface area contributed by atoms with Crippen molar-refractivity contribution in [3.05, 3.63) is 23.9 Å². The van der Waals surface area contributed by atoms with E-state index in [1.54, 1.807) is 0 Å². The number of pyridine rings is 1. The summed E-state index contributed by atoms with van der Waals surface area (Å²) >= 11 is 0. The van der Waals surface area contributed by atoms with Crippen molar-refractivity contribution in [3.63, 3.8) is 0 Å². The molecule has 0 amide bonds.